The van der Waals surface area contributed by atoms with Crippen molar-refractivity contribution in [1.29, 1.82) is 0 Å². The van der Waals surface area contributed by atoms with Crippen LogP contribution in [0.5, 0.6) is 11.5 Å². The zero-order chi connectivity index (χ0) is 22.4. The van der Waals surface area contributed by atoms with Crippen LogP contribution in [0.1, 0.15) is 18.1 Å². The van der Waals surface area contributed by atoms with Crippen molar-refractivity contribution in [3.63, 3.8) is 0 Å². The second kappa shape index (κ2) is 9.99. The van der Waals surface area contributed by atoms with Crippen molar-refractivity contribution in [2.24, 2.45) is 0 Å². The average molecular weight is 445 g/mol. The Morgan fingerprint density at radius 3 is 2.52 bits per heavy atom. The van der Waals surface area contributed by atoms with E-state index in [0.29, 0.717) is 28.7 Å². The van der Waals surface area contributed by atoms with E-state index in [1.807, 2.05) is 6.92 Å². The van der Waals surface area contributed by atoms with Gasteiger partial charge in [-0.05, 0) is 48.4 Å². The molecule has 31 heavy (non-hydrogen) atoms. The topological polar surface area (TPSA) is 94.2 Å². The van der Waals surface area contributed by atoms with Crippen LogP contribution < -0.4 is 14.8 Å². The minimum atomic E-state index is -0.520. The number of carbonyl (C=O) groups is 3. The molecule has 1 aliphatic rings. The Morgan fingerprint density at radius 1 is 1.10 bits per heavy atom. The van der Waals surface area contributed by atoms with Gasteiger partial charge in [0.1, 0.15) is 5.70 Å². The summed E-state index contributed by atoms with van der Waals surface area (Å²) in [6, 6.07) is 11.4. The van der Waals surface area contributed by atoms with Gasteiger partial charge in [0.2, 0.25) is 0 Å². The zero-order valence-corrected chi connectivity index (χ0v) is 17.8. The highest BCUT2D eigenvalue weighted by molar-refractivity contribution is 6.30. The molecule has 0 atom stereocenters. The molecule has 1 heterocycles. The summed E-state index contributed by atoms with van der Waals surface area (Å²) in [5, 5.41) is 3.16. The summed E-state index contributed by atoms with van der Waals surface area (Å²) in [5.41, 5.74) is 1.54. The van der Waals surface area contributed by atoms with Crippen LogP contribution in [0.2, 0.25) is 5.02 Å². The first-order valence-electron chi connectivity index (χ1n) is 9.46. The predicted octanol–water partition coefficient (Wildman–Crippen LogP) is 3.38. The molecule has 0 radical (unpaired) electrons. The number of carbonyl (C=O) groups excluding carboxylic acids is 3. The Hall–Kier alpha value is -3.52. The van der Waals surface area contributed by atoms with Gasteiger partial charge in [-0.25, -0.2) is 9.59 Å². The second-order valence-electron chi connectivity index (χ2n) is 6.51. The fourth-order valence-electron chi connectivity index (χ4n) is 2.85. The third-order valence-electron chi connectivity index (χ3n) is 4.37. The Bertz CT molecular complexity index is 1020. The van der Waals surface area contributed by atoms with Crippen molar-refractivity contribution < 1.29 is 28.6 Å². The summed E-state index contributed by atoms with van der Waals surface area (Å²) in [7, 11) is 1.27. The largest absolute Gasteiger partial charge is 0.490 e. The number of amides is 3. The molecule has 1 N–H and O–H groups in total. The van der Waals surface area contributed by atoms with Gasteiger partial charge in [0.15, 0.2) is 18.1 Å². The lowest BCUT2D eigenvalue weighted by Crippen LogP contribution is -2.30. The quantitative estimate of drug-likeness (QED) is 0.381. The van der Waals surface area contributed by atoms with Crippen LogP contribution in [0.25, 0.3) is 6.08 Å². The summed E-state index contributed by atoms with van der Waals surface area (Å²) in [4.78, 5) is 37.4. The van der Waals surface area contributed by atoms with Crippen LogP contribution in [-0.2, 0) is 20.9 Å². The maximum Gasteiger partial charge on any atom is 0.343 e. The molecule has 0 aliphatic carbocycles. The van der Waals surface area contributed by atoms with Crippen molar-refractivity contribution in [2.75, 3.05) is 20.3 Å². The third kappa shape index (κ3) is 5.55. The molecule has 162 valence electrons. The van der Waals surface area contributed by atoms with Crippen molar-refractivity contribution >= 4 is 35.6 Å². The molecule has 2 aromatic rings. The molecule has 0 unspecified atom stereocenters. The van der Waals surface area contributed by atoms with Crippen LogP contribution in [0, 0.1) is 0 Å². The van der Waals surface area contributed by atoms with Gasteiger partial charge in [0, 0.05) is 5.02 Å². The molecule has 0 saturated carbocycles. The van der Waals surface area contributed by atoms with Gasteiger partial charge >= 0.3 is 12.0 Å². The normalized spacial score (nSPS) is 14.5. The first kappa shape index (κ1) is 22.2. The summed E-state index contributed by atoms with van der Waals surface area (Å²) in [5.74, 6) is -0.200. The highest BCUT2D eigenvalue weighted by Gasteiger charge is 2.33. The molecule has 3 amide bonds. The number of nitrogens with zero attached hydrogens (tertiary/aromatic N) is 1. The van der Waals surface area contributed by atoms with Crippen molar-refractivity contribution in [2.45, 2.75) is 13.5 Å². The Morgan fingerprint density at radius 2 is 1.84 bits per heavy atom. The van der Waals surface area contributed by atoms with Gasteiger partial charge in [0.05, 0.1) is 20.3 Å². The molecule has 9 heteroatoms. The van der Waals surface area contributed by atoms with Crippen LogP contribution in [0.3, 0.4) is 0 Å². The number of benzene rings is 2. The number of halogens is 1. The number of rotatable bonds is 8. The van der Waals surface area contributed by atoms with Crippen LogP contribution >= 0.6 is 11.6 Å². The van der Waals surface area contributed by atoms with Gasteiger partial charge < -0.3 is 19.5 Å². The third-order valence-corrected chi connectivity index (χ3v) is 4.62. The lowest BCUT2D eigenvalue weighted by Gasteiger charge is -2.12. The number of hydrogen-bond acceptors (Lipinski definition) is 6. The molecule has 1 saturated heterocycles. The van der Waals surface area contributed by atoms with Crippen molar-refractivity contribution in [1.82, 2.24) is 10.2 Å². The molecular formula is C22H21ClN2O6. The van der Waals surface area contributed by atoms with Gasteiger partial charge in [-0.2, -0.15) is 0 Å². The molecule has 2 aromatic carbocycles. The first-order chi connectivity index (χ1) is 14.9. The molecular weight excluding hydrogens is 424 g/mol. The van der Waals surface area contributed by atoms with Gasteiger partial charge in [-0.1, -0.05) is 29.8 Å². The van der Waals surface area contributed by atoms with Crippen molar-refractivity contribution in [3.05, 3.63) is 64.3 Å². The van der Waals surface area contributed by atoms with E-state index in [4.69, 9.17) is 21.1 Å². The minimum absolute atomic E-state index is 0.129. The fraction of sp³-hybridized carbons (Fsp3) is 0.227. The zero-order valence-electron chi connectivity index (χ0n) is 17.0. The molecule has 0 spiro atoms. The monoisotopic (exact) mass is 444 g/mol. The molecule has 1 fully saturated rings. The highest BCUT2D eigenvalue weighted by atomic mass is 35.5. The maximum atomic E-state index is 12.7. The summed E-state index contributed by atoms with van der Waals surface area (Å²) in [6.07, 6.45) is 1.55. The summed E-state index contributed by atoms with van der Waals surface area (Å²) >= 11 is 5.88. The molecule has 8 nitrogen and oxygen atoms in total. The van der Waals surface area contributed by atoms with E-state index < -0.39 is 17.9 Å². The predicted molar refractivity (Wildman–Crippen MR) is 114 cm³/mol. The maximum absolute atomic E-state index is 12.7. The number of methoxy groups -OCH3 is 1. The van der Waals surface area contributed by atoms with E-state index in [0.717, 1.165) is 10.5 Å². The lowest BCUT2D eigenvalue weighted by molar-refractivity contribution is -0.142. The van der Waals surface area contributed by atoms with Crippen molar-refractivity contribution in [3.8, 4) is 11.5 Å². The number of ether oxygens (including phenoxy) is 3. The van der Waals surface area contributed by atoms with Gasteiger partial charge in [-0.3, -0.25) is 9.69 Å². The summed E-state index contributed by atoms with van der Waals surface area (Å²) in [6.45, 7) is 2.05. The van der Waals surface area contributed by atoms with Crippen LogP contribution in [-0.4, -0.2) is 43.1 Å². The van der Waals surface area contributed by atoms with E-state index in [1.54, 1.807) is 48.5 Å². The molecule has 3 rings (SSSR count). The lowest BCUT2D eigenvalue weighted by atomic mass is 10.1. The smallest absolute Gasteiger partial charge is 0.343 e. The number of esters is 1. The number of nitrogens with one attached hydrogen (secondary N) is 1. The number of urea groups is 1. The van der Waals surface area contributed by atoms with Crippen LogP contribution in [0.4, 0.5) is 4.79 Å². The molecule has 1 aliphatic heterocycles. The Kier molecular flexibility index (Phi) is 7.15. The summed E-state index contributed by atoms with van der Waals surface area (Å²) < 4.78 is 15.6. The van der Waals surface area contributed by atoms with E-state index in [2.05, 4.69) is 10.1 Å². The SMILES string of the molecule is CCOc1cc(/C=C2\NC(=O)N(Cc3ccc(Cl)cc3)C2=O)ccc1OCC(=O)OC. The van der Waals surface area contributed by atoms with Gasteiger partial charge in [0.25, 0.3) is 5.91 Å². The average Bonchev–Trinajstić information content (AvgIpc) is 3.02. The Labute approximate surface area is 184 Å². The number of hydrogen-bond donors (Lipinski definition) is 1. The highest BCUT2D eigenvalue weighted by Crippen LogP contribution is 2.30. The van der Waals surface area contributed by atoms with E-state index in [9.17, 15) is 14.4 Å². The Balaban J connectivity index is 1.77. The fourth-order valence-corrected chi connectivity index (χ4v) is 2.98. The van der Waals surface area contributed by atoms with Crippen LogP contribution in [0.15, 0.2) is 48.2 Å². The standard InChI is InChI=1S/C22H21ClN2O6/c1-3-30-19-11-15(6-9-18(19)31-13-20(26)29-2)10-17-21(27)25(22(28)24-17)12-14-4-7-16(23)8-5-14/h4-11H,3,12-13H2,1-2H3,(H,24,28)/b17-10-. The second-order valence-corrected chi connectivity index (χ2v) is 6.95. The van der Waals surface area contributed by atoms with Gasteiger partial charge in [-0.15, -0.1) is 0 Å². The van der Waals surface area contributed by atoms with E-state index in [1.165, 1.54) is 7.11 Å². The molecule has 0 aromatic heterocycles. The number of imide groups is 1. The molecule has 0 bridgehead atoms. The minimum Gasteiger partial charge on any atom is -0.490 e. The van der Waals surface area contributed by atoms with E-state index >= 15 is 0 Å². The van der Waals surface area contributed by atoms with E-state index in [-0.39, 0.29) is 18.8 Å². The first-order valence-corrected chi connectivity index (χ1v) is 9.84.